The van der Waals surface area contributed by atoms with Gasteiger partial charge in [-0.2, -0.15) is 0 Å². The first-order valence-corrected chi connectivity index (χ1v) is 5.82. The Labute approximate surface area is 134 Å². The molecule has 0 unspecified atom stereocenters. The van der Waals surface area contributed by atoms with E-state index >= 15 is 0 Å². The molecule has 0 fully saturated rings. The maximum absolute atomic E-state index is 5.00. The monoisotopic (exact) mass is 346 g/mol. The number of halogens is 4. The molecule has 0 amide bonds. The number of hydrogen-bond acceptors (Lipinski definition) is 2. The van der Waals surface area contributed by atoms with E-state index < -0.39 is 0 Å². The van der Waals surface area contributed by atoms with E-state index in [-0.39, 0.29) is 24.8 Å². The van der Waals surface area contributed by atoms with Gasteiger partial charge in [0.2, 0.25) is 0 Å². The predicted molar refractivity (Wildman–Crippen MR) is 69.4 cm³/mol. The first-order valence-electron chi connectivity index (χ1n) is 5.20. The van der Waals surface area contributed by atoms with Crippen LogP contribution in [-0.4, -0.2) is 77.6 Å². The summed E-state index contributed by atoms with van der Waals surface area (Å²) in [6.45, 7) is 3.13. The highest BCUT2D eigenvalue weighted by Crippen LogP contribution is 1.90. The fourth-order valence-corrected chi connectivity index (χ4v) is 0.755. The number of hydrogen-bond donors (Lipinski definition) is 0. The van der Waals surface area contributed by atoms with E-state index in [1.54, 1.807) is 0 Å². The molecular weight excluding hydrogens is 322 g/mol. The van der Waals surface area contributed by atoms with E-state index in [0.717, 1.165) is 22.1 Å². The van der Waals surface area contributed by atoms with Gasteiger partial charge in [-0.3, -0.25) is 8.58 Å². The first-order chi connectivity index (χ1) is 7.12. The highest BCUT2D eigenvalue weighted by molar-refractivity contribution is 6.07. The van der Waals surface area contributed by atoms with Gasteiger partial charge in [0.05, 0.1) is 66.0 Å². The van der Waals surface area contributed by atoms with Gasteiger partial charge >= 0.3 is 0 Å². The van der Waals surface area contributed by atoms with Crippen molar-refractivity contribution in [2.75, 3.05) is 68.6 Å². The van der Waals surface area contributed by atoms with Crippen LogP contribution in [0.1, 0.15) is 0 Å². The minimum Gasteiger partial charge on any atom is -1.00 e. The molecule has 0 aromatic heterocycles. The Bertz CT molecular complexity index is 143. The van der Waals surface area contributed by atoms with Crippen molar-refractivity contribution in [3.8, 4) is 0 Å². The maximum Gasteiger partial charge on any atom is 0.117 e. The quantitative estimate of drug-likeness (QED) is 0.453. The van der Waals surface area contributed by atoms with Crippen LogP contribution < -0.4 is 24.8 Å². The molecule has 0 aromatic carbocycles. The highest BCUT2D eigenvalue weighted by Gasteiger charge is 2.04. The molecular formula is C10H26Cl4N2O2. The molecule has 0 aliphatic carbocycles. The molecule has 0 aliphatic heterocycles. The first kappa shape index (κ1) is 27.4. The standard InChI is InChI=1S/2C5H13ClNO.2ClH/c2*1-7(2,3)4-5-8-6;;/h2*4-5H2,1-3H3;2*1H/q2*+1;;/p-2. The van der Waals surface area contributed by atoms with E-state index in [1.165, 1.54) is 0 Å². The fraction of sp³-hybridized carbons (Fsp3) is 1.00. The van der Waals surface area contributed by atoms with Crippen molar-refractivity contribution in [2.45, 2.75) is 0 Å². The molecule has 8 heteroatoms. The smallest absolute Gasteiger partial charge is 0.117 e. The van der Waals surface area contributed by atoms with Crippen LogP contribution in [0.5, 0.6) is 0 Å². The van der Waals surface area contributed by atoms with Crippen molar-refractivity contribution in [3.63, 3.8) is 0 Å². The van der Waals surface area contributed by atoms with E-state index in [0.29, 0.717) is 13.2 Å². The van der Waals surface area contributed by atoms with E-state index in [1.807, 2.05) is 0 Å². The van der Waals surface area contributed by atoms with E-state index in [4.69, 9.17) is 23.7 Å². The molecule has 0 heterocycles. The largest absolute Gasteiger partial charge is 1.00 e. The van der Waals surface area contributed by atoms with E-state index in [9.17, 15) is 0 Å². The van der Waals surface area contributed by atoms with Gasteiger partial charge in [-0.1, -0.05) is 0 Å². The summed E-state index contributed by atoms with van der Waals surface area (Å²) < 4.78 is 10.5. The average molecular weight is 348 g/mol. The molecule has 4 nitrogen and oxygen atoms in total. The minimum absolute atomic E-state index is 0. The number of likely N-dealkylation sites (N-methyl/N-ethyl adjacent to an activating group) is 2. The summed E-state index contributed by atoms with van der Waals surface area (Å²) in [5.41, 5.74) is 0. The Morgan fingerprint density at radius 2 is 0.889 bits per heavy atom. The van der Waals surface area contributed by atoms with Crippen LogP contribution in [0.2, 0.25) is 0 Å². The van der Waals surface area contributed by atoms with Crippen LogP contribution in [-0.2, 0) is 8.58 Å². The molecule has 0 bridgehead atoms. The van der Waals surface area contributed by atoms with Crippen LogP contribution in [0.25, 0.3) is 0 Å². The normalized spacial score (nSPS) is 10.7. The van der Waals surface area contributed by atoms with Crippen LogP contribution >= 0.6 is 23.7 Å². The van der Waals surface area contributed by atoms with Crippen molar-refractivity contribution in [2.24, 2.45) is 0 Å². The second-order valence-corrected chi connectivity index (χ2v) is 6.09. The second-order valence-electron chi connectivity index (χ2n) is 5.65. The zero-order chi connectivity index (χ0) is 13.2. The van der Waals surface area contributed by atoms with Gasteiger partial charge < -0.3 is 33.8 Å². The Kier molecular flexibility index (Phi) is 21.9. The molecule has 0 aliphatic rings. The molecule has 0 rings (SSSR count). The molecule has 0 N–H and O–H groups in total. The van der Waals surface area contributed by atoms with Gasteiger partial charge in [0.15, 0.2) is 0 Å². The Morgan fingerprint density at radius 3 is 0.944 bits per heavy atom. The highest BCUT2D eigenvalue weighted by atomic mass is 35.5. The third-order valence-electron chi connectivity index (χ3n) is 1.68. The summed E-state index contributed by atoms with van der Waals surface area (Å²) in [6.07, 6.45) is 0. The second kappa shape index (κ2) is 14.4. The lowest BCUT2D eigenvalue weighted by Crippen LogP contribution is -3.00. The van der Waals surface area contributed by atoms with Crippen LogP contribution in [0.15, 0.2) is 0 Å². The van der Waals surface area contributed by atoms with Crippen LogP contribution in [0.3, 0.4) is 0 Å². The van der Waals surface area contributed by atoms with Gasteiger partial charge in [0.1, 0.15) is 26.3 Å². The Morgan fingerprint density at radius 1 is 0.667 bits per heavy atom. The Balaban J connectivity index is -0.0000000980. The van der Waals surface area contributed by atoms with Gasteiger partial charge in [-0.05, 0) is 0 Å². The molecule has 0 saturated heterocycles. The average Bonchev–Trinajstić information content (AvgIpc) is 2.10. The summed E-state index contributed by atoms with van der Waals surface area (Å²) in [5, 5.41) is 0. The topological polar surface area (TPSA) is 18.5 Å². The summed E-state index contributed by atoms with van der Waals surface area (Å²) in [5.74, 6) is 0. The molecule has 0 atom stereocenters. The van der Waals surface area contributed by atoms with Crippen molar-refractivity contribution in [1.29, 1.82) is 0 Å². The third kappa shape index (κ3) is 36.0. The lowest BCUT2D eigenvalue weighted by molar-refractivity contribution is -0.870. The molecule has 0 spiro atoms. The third-order valence-corrected chi connectivity index (χ3v) is 1.99. The lowest BCUT2D eigenvalue weighted by Gasteiger charge is -2.22. The van der Waals surface area contributed by atoms with Crippen LogP contribution in [0.4, 0.5) is 0 Å². The maximum atomic E-state index is 5.00. The van der Waals surface area contributed by atoms with Crippen molar-refractivity contribution in [3.05, 3.63) is 0 Å². The summed E-state index contributed by atoms with van der Waals surface area (Å²) in [6, 6.07) is 0. The molecule has 18 heavy (non-hydrogen) atoms. The molecule has 0 radical (unpaired) electrons. The van der Waals surface area contributed by atoms with Crippen LogP contribution in [0, 0.1) is 0 Å². The van der Waals surface area contributed by atoms with Gasteiger partial charge in [-0.25, -0.2) is 0 Å². The van der Waals surface area contributed by atoms with Gasteiger partial charge in [-0.15, -0.1) is 0 Å². The van der Waals surface area contributed by atoms with Gasteiger partial charge in [0, 0.05) is 0 Å². The van der Waals surface area contributed by atoms with E-state index in [2.05, 4.69) is 50.9 Å². The van der Waals surface area contributed by atoms with Crippen molar-refractivity contribution < 1.29 is 42.4 Å². The molecule has 0 saturated carbocycles. The molecule has 0 aromatic rings. The summed E-state index contributed by atoms with van der Waals surface area (Å²) >= 11 is 10.00. The summed E-state index contributed by atoms with van der Waals surface area (Å²) in [4.78, 5) is 0. The predicted octanol–water partition coefficient (Wildman–Crippen LogP) is -4.27. The number of nitrogens with zero attached hydrogens (tertiary/aromatic N) is 2. The van der Waals surface area contributed by atoms with Crippen molar-refractivity contribution in [1.82, 2.24) is 0 Å². The summed E-state index contributed by atoms with van der Waals surface area (Å²) in [7, 11) is 12.6. The SMILES string of the molecule is C[N+](C)(C)CCOCl.C[N+](C)(C)CCOCl.[Cl-].[Cl-]. The Hall–Kier alpha value is 1.00. The molecule has 116 valence electrons. The minimum atomic E-state index is 0. The zero-order valence-electron chi connectivity index (χ0n) is 12.1. The zero-order valence-corrected chi connectivity index (χ0v) is 15.1. The number of rotatable bonds is 6. The number of quaternary nitrogens is 2. The van der Waals surface area contributed by atoms with Crippen molar-refractivity contribution >= 4 is 23.7 Å². The van der Waals surface area contributed by atoms with Gasteiger partial charge in [0.25, 0.3) is 0 Å². The fourth-order valence-electron chi connectivity index (χ4n) is 0.617. The lowest BCUT2D eigenvalue weighted by atomic mass is 10.5.